The summed E-state index contributed by atoms with van der Waals surface area (Å²) in [5.74, 6) is -0.687. The molecule has 0 spiro atoms. The first kappa shape index (κ1) is 32.1. The SMILES string of the molecule is CCOC(=O)CC1CCN(C(=O)[C@@H](CC(=O)N2CCC(N3Cc4ccccc4NC3=O)CC2)Cc2ccc(Cl)c(Cl)c2)CC1. The third kappa shape index (κ3) is 7.85. The second kappa shape index (κ2) is 14.7. The van der Waals surface area contributed by atoms with Crippen molar-refractivity contribution in [2.75, 3.05) is 38.1 Å². The second-order valence-electron chi connectivity index (χ2n) is 12.0. The van der Waals surface area contributed by atoms with Gasteiger partial charge in [-0.1, -0.05) is 47.5 Å². The van der Waals surface area contributed by atoms with Crippen LogP contribution < -0.4 is 5.32 Å². The molecule has 5 rings (SSSR count). The van der Waals surface area contributed by atoms with Crippen LogP contribution in [0.5, 0.6) is 0 Å². The number of para-hydroxylation sites is 1. The van der Waals surface area contributed by atoms with Gasteiger partial charge in [-0.05, 0) is 74.3 Å². The number of esters is 1. The molecule has 4 amide bonds. The number of hydrogen-bond donors (Lipinski definition) is 1. The number of carbonyl (C=O) groups is 4. The molecule has 2 aromatic rings. The van der Waals surface area contributed by atoms with Gasteiger partial charge in [-0.25, -0.2) is 4.79 Å². The zero-order valence-electron chi connectivity index (χ0n) is 25.1. The maximum atomic E-state index is 13.9. The molecule has 2 aromatic carbocycles. The van der Waals surface area contributed by atoms with Gasteiger partial charge in [0.05, 0.1) is 22.6 Å². The van der Waals surface area contributed by atoms with Gasteiger partial charge in [-0.2, -0.15) is 0 Å². The largest absolute Gasteiger partial charge is 0.466 e. The number of hydrogen-bond acceptors (Lipinski definition) is 5. The Bertz CT molecular complexity index is 1370. The van der Waals surface area contributed by atoms with E-state index in [-0.39, 0.29) is 42.2 Å². The Morgan fingerprint density at radius 3 is 2.36 bits per heavy atom. The lowest BCUT2D eigenvalue weighted by Crippen LogP contribution is -2.51. The summed E-state index contributed by atoms with van der Waals surface area (Å²) in [6.45, 7) is 4.85. The first-order valence-electron chi connectivity index (χ1n) is 15.5. The van der Waals surface area contributed by atoms with Gasteiger partial charge in [0.1, 0.15) is 0 Å². The number of anilines is 1. The lowest BCUT2D eigenvalue weighted by molar-refractivity contribution is -0.145. The van der Waals surface area contributed by atoms with E-state index in [2.05, 4.69) is 5.32 Å². The minimum Gasteiger partial charge on any atom is -0.466 e. The zero-order valence-corrected chi connectivity index (χ0v) is 26.6. The molecule has 2 fully saturated rings. The third-order valence-corrected chi connectivity index (χ3v) is 9.78. The molecule has 11 heteroatoms. The van der Waals surface area contributed by atoms with Crippen LogP contribution in [0.1, 0.15) is 56.6 Å². The summed E-state index contributed by atoms with van der Waals surface area (Å²) in [5.41, 5.74) is 2.78. The number of carbonyl (C=O) groups excluding carboxylic acids is 4. The molecule has 2 saturated heterocycles. The number of ether oxygens (including phenoxy) is 1. The van der Waals surface area contributed by atoms with Crippen molar-refractivity contribution in [2.45, 2.75) is 64.5 Å². The molecular formula is C33H40Cl2N4O5. The van der Waals surface area contributed by atoms with Crippen molar-refractivity contribution in [3.8, 4) is 0 Å². The molecule has 1 atom stereocenters. The number of nitrogens with one attached hydrogen (secondary N) is 1. The van der Waals surface area contributed by atoms with E-state index in [0.29, 0.717) is 75.1 Å². The Kier molecular flexibility index (Phi) is 10.7. The van der Waals surface area contributed by atoms with Crippen molar-refractivity contribution in [1.82, 2.24) is 14.7 Å². The van der Waals surface area contributed by atoms with Crippen molar-refractivity contribution < 1.29 is 23.9 Å². The second-order valence-corrected chi connectivity index (χ2v) is 12.8. The van der Waals surface area contributed by atoms with Crippen LogP contribution in [0.15, 0.2) is 42.5 Å². The van der Waals surface area contributed by atoms with Crippen LogP contribution in [0.3, 0.4) is 0 Å². The number of amides is 4. The monoisotopic (exact) mass is 642 g/mol. The average Bonchev–Trinajstić information content (AvgIpc) is 3.02. The quantitative estimate of drug-likeness (QED) is 0.350. The van der Waals surface area contributed by atoms with E-state index in [1.165, 1.54) is 0 Å². The third-order valence-electron chi connectivity index (χ3n) is 9.04. The number of fused-ring (bicyclic) bond motifs is 1. The molecule has 1 N–H and O–H groups in total. The van der Waals surface area contributed by atoms with E-state index in [4.69, 9.17) is 27.9 Å². The fraction of sp³-hybridized carbons (Fsp3) is 0.515. The number of benzene rings is 2. The van der Waals surface area contributed by atoms with E-state index in [0.717, 1.165) is 29.7 Å². The van der Waals surface area contributed by atoms with Gasteiger partial charge in [-0.3, -0.25) is 14.4 Å². The Morgan fingerprint density at radius 1 is 0.955 bits per heavy atom. The van der Waals surface area contributed by atoms with E-state index >= 15 is 0 Å². The predicted molar refractivity (Wildman–Crippen MR) is 169 cm³/mol. The van der Waals surface area contributed by atoms with Crippen molar-refractivity contribution in [2.24, 2.45) is 11.8 Å². The predicted octanol–water partition coefficient (Wildman–Crippen LogP) is 5.77. The highest BCUT2D eigenvalue weighted by Crippen LogP contribution is 2.30. The summed E-state index contributed by atoms with van der Waals surface area (Å²) in [6, 6.07) is 13.1. The van der Waals surface area contributed by atoms with Crippen LogP contribution in [0.4, 0.5) is 10.5 Å². The minimum absolute atomic E-state index is 0.0388. The first-order valence-corrected chi connectivity index (χ1v) is 16.3. The highest BCUT2D eigenvalue weighted by atomic mass is 35.5. The number of nitrogens with zero attached hydrogens (tertiary/aromatic N) is 3. The number of urea groups is 1. The van der Waals surface area contributed by atoms with Crippen LogP contribution >= 0.6 is 23.2 Å². The molecule has 3 heterocycles. The Balaban J connectivity index is 1.20. The van der Waals surface area contributed by atoms with Gasteiger partial charge in [-0.15, -0.1) is 0 Å². The van der Waals surface area contributed by atoms with E-state index < -0.39 is 5.92 Å². The van der Waals surface area contributed by atoms with E-state index in [1.54, 1.807) is 19.1 Å². The molecule has 9 nitrogen and oxygen atoms in total. The van der Waals surface area contributed by atoms with Crippen LogP contribution in [0.2, 0.25) is 10.0 Å². The molecule has 0 radical (unpaired) electrons. The van der Waals surface area contributed by atoms with E-state index in [9.17, 15) is 19.2 Å². The van der Waals surface area contributed by atoms with Crippen molar-refractivity contribution in [3.63, 3.8) is 0 Å². The average molecular weight is 644 g/mol. The molecule has 0 unspecified atom stereocenters. The first-order chi connectivity index (χ1) is 21.2. The molecule has 0 aromatic heterocycles. The normalized spacial score (nSPS) is 18.4. The lowest BCUT2D eigenvalue weighted by Gasteiger charge is -2.41. The molecule has 0 bridgehead atoms. The molecule has 236 valence electrons. The van der Waals surface area contributed by atoms with Gasteiger partial charge >= 0.3 is 12.0 Å². The Labute approximate surface area is 268 Å². The molecule has 0 saturated carbocycles. The molecule has 3 aliphatic heterocycles. The smallest absolute Gasteiger partial charge is 0.322 e. The fourth-order valence-corrected chi connectivity index (χ4v) is 6.87. The van der Waals surface area contributed by atoms with Gasteiger partial charge < -0.3 is 24.8 Å². The molecule has 44 heavy (non-hydrogen) atoms. The summed E-state index contributed by atoms with van der Waals surface area (Å²) in [7, 11) is 0. The zero-order chi connectivity index (χ0) is 31.2. The van der Waals surface area contributed by atoms with E-state index in [1.807, 2.05) is 45.0 Å². The molecule has 3 aliphatic rings. The summed E-state index contributed by atoms with van der Waals surface area (Å²) in [4.78, 5) is 57.8. The van der Waals surface area contributed by atoms with Crippen LogP contribution in [0, 0.1) is 11.8 Å². The maximum absolute atomic E-state index is 13.9. The number of piperidine rings is 2. The van der Waals surface area contributed by atoms with Gasteiger partial charge in [0.25, 0.3) is 0 Å². The van der Waals surface area contributed by atoms with Crippen LogP contribution in [-0.2, 0) is 32.1 Å². The maximum Gasteiger partial charge on any atom is 0.322 e. The summed E-state index contributed by atoms with van der Waals surface area (Å²) < 4.78 is 5.10. The highest BCUT2D eigenvalue weighted by Gasteiger charge is 2.35. The van der Waals surface area contributed by atoms with Crippen molar-refractivity contribution in [3.05, 3.63) is 63.6 Å². The topological polar surface area (TPSA) is 99.3 Å². The molecule has 0 aliphatic carbocycles. The van der Waals surface area contributed by atoms with Crippen LogP contribution in [-0.4, -0.2) is 77.3 Å². The summed E-state index contributed by atoms with van der Waals surface area (Å²) >= 11 is 12.4. The highest BCUT2D eigenvalue weighted by molar-refractivity contribution is 6.42. The lowest BCUT2D eigenvalue weighted by atomic mass is 9.90. The minimum atomic E-state index is -0.552. The Morgan fingerprint density at radius 2 is 1.66 bits per heavy atom. The number of rotatable bonds is 9. The molecular weight excluding hydrogens is 603 g/mol. The fourth-order valence-electron chi connectivity index (χ4n) is 6.55. The summed E-state index contributed by atoms with van der Waals surface area (Å²) in [6.07, 6.45) is 3.63. The van der Waals surface area contributed by atoms with Crippen LogP contribution in [0.25, 0.3) is 0 Å². The van der Waals surface area contributed by atoms with Gasteiger partial charge in [0.2, 0.25) is 11.8 Å². The Hall–Kier alpha value is -3.30. The standard InChI is InChI=1S/C33H40Cl2N4O5/c1-2-44-31(41)19-22-9-13-38(14-10-22)32(42)25(17-23-7-8-27(34)28(35)18-23)20-30(40)37-15-11-26(12-16-37)39-21-24-5-3-4-6-29(24)36-33(39)43/h3-8,18,22,25-26H,2,9-17,19-21H2,1H3,(H,36,43)/t25-/m1/s1. The van der Waals surface area contributed by atoms with Gasteiger partial charge in [0, 0.05) is 57.3 Å². The van der Waals surface area contributed by atoms with Crippen molar-refractivity contribution >= 4 is 52.7 Å². The number of likely N-dealkylation sites (tertiary alicyclic amines) is 2. The van der Waals surface area contributed by atoms with Crippen molar-refractivity contribution in [1.29, 1.82) is 0 Å². The number of halogens is 2. The van der Waals surface area contributed by atoms with Gasteiger partial charge in [0.15, 0.2) is 0 Å². The summed E-state index contributed by atoms with van der Waals surface area (Å²) in [5, 5.41) is 3.83.